The lowest BCUT2D eigenvalue weighted by Crippen LogP contribution is -2.47. The summed E-state index contributed by atoms with van der Waals surface area (Å²) in [6.07, 6.45) is 3.77. The number of fused-ring (bicyclic) bond motifs is 1. The zero-order valence-corrected chi connectivity index (χ0v) is 30.0. The number of imidazole rings is 1. The fraction of sp³-hybridized carbons (Fsp3) is 0.342. The van der Waals surface area contributed by atoms with E-state index in [1.165, 1.54) is 15.5 Å². The molecular weight excluding hydrogens is 654 g/mol. The van der Waals surface area contributed by atoms with Gasteiger partial charge in [0.25, 0.3) is 5.56 Å². The van der Waals surface area contributed by atoms with Gasteiger partial charge in [0, 0.05) is 5.56 Å². The maximum absolute atomic E-state index is 17.2. The summed E-state index contributed by atoms with van der Waals surface area (Å²) in [6, 6.07) is 26.5. The van der Waals surface area contributed by atoms with Gasteiger partial charge in [0.05, 0.1) is 25.6 Å². The van der Waals surface area contributed by atoms with Gasteiger partial charge in [-0.25, -0.2) is 9.37 Å². The summed E-state index contributed by atoms with van der Waals surface area (Å²) in [6.45, 7) is 9.49. The fourth-order valence-electron chi connectivity index (χ4n) is 6.68. The number of hydrogen-bond donors (Lipinski definition) is 1. The van der Waals surface area contributed by atoms with Crippen LogP contribution < -0.4 is 16.0 Å². The molecule has 1 radical (unpaired) electrons. The predicted octanol–water partition coefficient (Wildman–Crippen LogP) is 5.71. The van der Waals surface area contributed by atoms with Crippen LogP contribution in [0.2, 0.25) is 13.1 Å². The van der Waals surface area contributed by atoms with Gasteiger partial charge in [0.2, 0.25) is 20.7 Å². The Bertz CT molecular complexity index is 2040. The number of halogens is 1. The molecule has 0 spiro atoms. The molecule has 50 heavy (non-hydrogen) atoms. The number of para-hydroxylation sites is 1. The van der Waals surface area contributed by atoms with Gasteiger partial charge in [-0.05, 0) is 51.1 Å². The van der Waals surface area contributed by atoms with Crippen molar-refractivity contribution in [2.45, 2.75) is 69.1 Å². The van der Waals surface area contributed by atoms with Crippen LogP contribution in [0.1, 0.15) is 43.7 Å². The normalized spacial score (nSPS) is 21.1. The topological polar surface area (TPSA) is 116 Å². The Kier molecular flexibility index (Phi) is 9.45. The minimum atomic E-state index is -2.46. The van der Waals surface area contributed by atoms with Crippen molar-refractivity contribution < 1.29 is 23.0 Å². The molecule has 10 nitrogen and oxygen atoms in total. The third-order valence-electron chi connectivity index (χ3n) is 8.77. The van der Waals surface area contributed by atoms with Crippen molar-refractivity contribution in [3.8, 4) is 18.1 Å². The smallest absolute Gasteiger partial charge is 0.284 e. The van der Waals surface area contributed by atoms with Gasteiger partial charge in [-0.1, -0.05) is 84.8 Å². The van der Waals surface area contributed by atoms with Crippen molar-refractivity contribution in [2.75, 3.05) is 19.5 Å². The number of aromatic nitrogens is 4. The lowest BCUT2D eigenvalue weighted by Gasteiger charge is -2.38. The Balaban J connectivity index is 1.61. The van der Waals surface area contributed by atoms with E-state index in [9.17, 15) is 4.79 Å². The highest BCUT2D eigenvalue weighted by Crippen LogP contribution is 2.47. The van der Waals surface area contributed by atoms with Crippen LogP contribution in [0.25, 0.3) is 11.2 Å². The highest BCUT2D eigenvalue weighted by molar-refractivity contribution is 6.48. The molecule has 1 aliphatic rings. The SMILES string of the molecule is C#C[C@@]1(F)[C@H](O[Si](C)C)[C@@H](COC(C)(C)C)O[C@H]1n1cnc2c(=O)n(C(c3ccccc3)(c3ccccc3)c3ccccc3OC)c(N)nc21. The van der Waals surface area contributed by atoms with Crippen molar-refractivity contribution >= 4 is 26.2 Å². The summed E-state index contributed by atoms with van der Waals surface area (Å²) in [5, 5.41) is 0. The molecular formula is C38H41FN5O5Si. The first kappa shape index (κ1) is 35.0. The average molecular weight is 695 g/mol. The van der Waals surface area contributed by atoms with E-state index in [2.05, 4.69) is 10.9 Å². The molecule has 0 bridgehead atoms. The third kappa shape index (κ3) is 5.90. The van der Waals surface area contributed by atoms with Gasteiger partial charge < -0.3 is 24.4 Å². The number of nitrogen functional groups attached to an aromatic ring is 1. The molecule has 3 aromatic carbocycles. The first-order valence-electron chi connectivity index (χ1n) is 16.3. The second-order valence-electron chi connectivity index (χ2n) is 13.4. The minimum absolute atomic E-state index is 0.00995. The molecule has 1 fully saturated rings. The van der Waals surface area contributed by atoms with Gasteiger partial charge in [0.15, 0.2) is 17.4 Å². The Labute approximate surface area is 292 Å². The van der Waals surface area contributed by atoms with E-state index < -0.39 is 49.8 Å². The zero-order chi connectivity index (χ0) is 35.8. The van der Waals surface area contributed by atoms with E-state index in [0.717, 1.165) is 11.1 Å². The lowest BCUT2D eigenvalue weighted by molar-refractivity contribution is -0.0974. The largest absolute Gasteiger partial charge is 0.496 e. The van der Waals surface area contributed by atoms with E-state index in [0.29, 0.717) is 11.3 Å². The molecule has 6 rings (SSSR count). The van der Waals surface area contributed by atoms with Crippen molar-refractivity contribution in [1.29, 1.82) is 0 Å². The molecule has 4 atom stereocenters. The first-order valence-corrected chi connectivity index (χ1v) is 18.7. The molecule has 1 aliphatic heterocycles. The van der Waals surface area contributed by atoms with Crippen LogP contribution in [0, 0.1) is 12.3 Å². The molecule has 0 aliphatic carbocycles. The summed E-state index contributed by atoms with van der Waals surface area (Å²) >= 11 is 0. The highest BCUT2D eigenvalue weighted by Gasteiger charge is 2.59. The molecule has 5 aromatic rings. The van der Waals surface area contributed by atoms with E-state index in [1.54, 1.807) is 7.11 Å². The molecule has 259 valence electrons. The van der Waals surface area contributed by atoms with Gasteiger partial charge >= 0.3 is 0 Å². The van der Waals surface area contributed by atoms with Crippen LogP contribution in [0.5, 0.6) is 5.75 Å². The van der Waals surface area contributed by atoms with Gasteiger partial charge in [0.1, 0.15) is 23.5 Å². The van der Waals surface area contributed by atoms with Crippen LogP contribution >= 0.6 is 0 Å². The van der Waals surface area contributed by atoms with Crippen molar-refractivity contribution in [3.05, 3.63) is 118 Å². The van der Waals surface area contributed by atoms with Crippen molar-refractivity contribution in [2.24, 2.45) is 0 Å². The number of rotatable bonds is 10. The lowest BCUT2D eigenvalue weighted by atomic mass is 9.76. The van der Waals surface area contributed by atoms with Crippen LogP contribution in [0.15, 0.2) is 96.1 Å². The Morgan fingerprint density at radius 2 is 1.62 bits per heavy atom. The second kappa shape index (κ2) is 13.5. The van der Waals surface area contributed by atoms with Crippen molar-refractivity contribution in [1.82, 2.24) is 19.1 Å². The number of ether oxygens (including phenoxy) is 3. The summed E-state index contributed by atoms with van der Waals surface area (Å²) in [7, 11) is 0.142. The second-order valence-corrected chi connectivity index (χ2v) is 15.4. The molecule has 0 amide bonds. The molecule has 2 N–H and O–H groups in total. The molecule has 2 aromatic heterocycles. The summed E-state index contributed by atoms with van der Waals surface area (Å²) < 4.78 is 44.3. The number of benzene rings is 3. The quantitative estimate of drug-likeness (QED) is 0.112. The third-order valence-corrected chi connectivity index (χ3v) is 9.50. The molecule has 12 heteroatoms. The number of alkyl halides is 1. The molecule has 1 saturated heterocycles. The molecule has 0 unspecified atom stereocenters. The number of hydrogen-bond acceptors (Lipinski definition) is 8. The highest BCUT2D eigenvalue weighted by atomic mass is 28.3. The Morgan fingerprint density at radius 3 is 2.18 bits per heavy atom. The number of methoxy groups -OCH3 is 1. The van der Waals surface area contributed by atoms with Gasteiger partial charge in [-0.15, -0.1) is 6.42 Å². The predicted molar refractivity (Wildman–Crippen MR) is 192 cm³/mol. The van der Waals surface area contributed by atoms with E-state index in [1.807, 2.05) is 119 Å². The fourth-order valence-corrected chi connectivity index (χ4v) is 7.51. The molecule has 0 saturated carbocycles. The number of nitrogens with two attached hydrogens (primary N) is 1. The molecule has 3 heterocycles. The standard InChI is InChI=1S/C38H41FN5O5Si/c1-8-37(39)31(49-50(6)7)29(23-47-36(2,3)4)48-34(37)43-24-41-30-32(43)42-35(40)44(33(30)45)38(25-17-11-9-12-18-25,26-19-13-10-14-20-26)27-21-15-16-22-28(27)46-5/h1,9-22,24,29,31,34H,23H2,2-7H3,(H2,40,42)/t29-,31-,34-,37-/m1/s1. The summed E-state index contributed by atoms with van der Waals surface area (Å²) in [5.74, 6) is 2.68. The average Bonchev–Trinajstić information content (AvgIpc) is 3.64. The number of nitrogens with zero attached hydrogens (tertiary/aromatic N) is 4. The maximum Gasteiger partial charge on any atom is 0.284 e. The Morgan fingerprint density at radius 1 is 1.02 bits per heavy atom. The van der Waals surface area contributed by atoms with Crippen LogP contribution in [-0.4, -0.2) is 65.3 Å². The van der Waals surface area contributed by atoms with Gasteiger partial charge in [-0.3, -0.25) is 13.9 Å². The Hall–Kier alpha value is -4.80. The monoisotopic (exact) mass is 694 g/mol. The van der Waals surface area contributed by atoms with E-state index >= 15 is 4.39 Å². The first-order chi connectivity index (χ1) is 23.9. The van der Waals surface area contributed by atoms with Crippen LogP contribution in [0.3, 0.4) is 0 Å². The van der Waals surface area contributed by atoms with E-state index in [4.69, 9.17) is 35.8 Å². The van der Waals surface area contributed by atoms with Crippen LogP contribution in [0.4, 0.5) is 10.3 Å². The summed E-state index contributed by atoms with van der Waals surface area (Å²) in [4.78, 5) is 24.2. The van der Waals surface area contributed by atoms with Gasteiger partial charge in [-0.2, -0.15) is 4.98 Å². The van der Waals surface area contributed by atoms with E-state index in [-0.39, 0.29) is 23.7 Å². The van der Waals surface area contributed by atoms with Crippen molar-refractivity contribution in [3.63, 3.8) is 0 Å². The maximum atomic E-state index is 17.2. The number of terminal acetylenes is 1. The summed E-state index contributed by atoms with van der Waals surface area (Å²) in [5.41, 5.74) is 3.98. The number of anilines is 1. The van der Waals surface area contributed by atoms with Crippen LogP contribution in [-0.2, 0) is 19.4 Å². The minimum Gasteiger partial charge on any atom is -0.496 e. The zero-order valence-electron chi connectivity index (χ0n) is 29.0.